The molecule has 4 unspecified atom stereocenters. The summed E-state index contributed by atoms with van der Waals surface area (Å²) in [5.41, 5.74) is 0. The largest absolute Gasteiger partial charge is 0.355 e. The second-order valence-electron chi connectivity index (χ2n) is 7.03. The summed E-state index contributed by atoms with van der Waals surface area (Å²) in [5.74, 6) is 0.743. The van der Waals surface area contributed by atoms with E-state index >= 15 is 0 Å². The molecule has 0 fully saturated rings. The van der Waals surface area contributed by atoms with Crippen LogP contribution in [-0.4, -0.2) is 11.9 Å². The van der Waals surface area contributed by atoms with Gasteiger partial charge < -0.3 is 0 Å². The van der Waals surface area contributed by atoms with Crippen LogP contribution in [0.1, 0.15) is 80.1 Å². The Hall–Kier alpha value is -1.06. The summed E-state index contributed by atoms with van der Waals surface area (Å²) in [6.07, 6.45) is 4.74. The molecule has 0 aliphatic heterocycles. The number of hydrogen-bond acceptors (Lipinski definition) is 4. The van der Waals surface area contributed by atoms with Gasteiger partial charge in [0.1, 0.15) is 0 Å². The van der Waals surface area contributed by atoms with Crippen LogP contribution in [0.4, 0.5) is 0 Å². The summed E-state index contributed by atoms with van der Waals surface area (Å²) in [7, 11) is 0. The fraction of sp³-hybridized carbons (Fsp3) is 0.889. The molecule has 0 N–H and O–H groups in total. The zero-order valence-corrected chi connectivity index (χ0v) is 15.2. The topological polar surface area (TPSA) is 52.6 Å². The Morgan fingerprint density at radius 2 is 1.00 bits per heavy atom. The third-order valence-corrected chi connectivity index (χ3v) is 4.26. The van der Waals surface area contributed by atoms with Crippen LogP contribution in [-0.2, 0) is 19.4 Å². The monoisotopic (exact) mass is 314 g/mol. The molecule has 0 spiro atoms. The Kier molecular flexibility index (Phi) is 10.9. The predicted molar refractivity (Wildman–Crippen MR) is 87.9 cm³/mol. The highest BCUT2D eigenvalue weighted by Gasteiger charge is 2.18. The van der Waals surface area contributed by atoms with Crippen molar-refractivity contribution in [1.29, 1.82) is 0 Å². The van der Waals surface area contributed by atoms with E-state index in [1.165, 1.54) is 0 Å². The summed E-state index contributed by atoms with van der Waals surface area (Å²) in [4.78, 5) is 32.5. The van der Waals surface area contributed by atoms with Crippen molar-refractivity contribution in [2.75, 3.05) is 0 Å². The van der Waals surface area contributed by atoms with Crippen molar-refractivity contribution in [2.45, 2.75) is 80.1 Å². The van der Waals surface area contributed by atoms with E-state index in [1.54, 1.807) is 0 Å². The lowest BCUT2D eigenvalue weighted by Gasteiger charge is -2.15. The van der Waals surface area contributed by atoms with Crippen molar-refractivity contribution in [3.05, 3.63) is 0 Å². The van der Waals surface area contributed by atoms with Crippen LogP contribution < -0.4 is 0 Å². The second-order valence-corrected chi connectivity index (χ2v) is 7.03. The van der Waals surface area contributed by atoms with Gasteiger partial charge >= 0.3 is 11.9 Å². The van der Waals surface area contributed by atoms with Gasteiger partial charge in [-0.25, -0.2) is 19.4 Å². The normalized spacial score (nSPS) is 16.5. The molecule has 4 heteroatoms. The van der Waals surface area contributed by atoms with E-state index in [1.807, 2.05) is 13.8 Å². The Morgan fingerprint density at radius 1 is 0.682 bits per heavy atom. The molecule has 0 amide bonds. The average Bonchev–Trinajstić information content (AvgIpc) is 2.44. The maximum atomic E-state index is 11.6. The lowest BCUT2D eigenvalue weighted by molar-refractivity contribution is -0.260. The smallest absolute Gasteiger partial charge is 0.247 e. The molecule has 22 heavy (non-hydrogen) atoms. The Balaban J connectivity index is 3.92. The van der Waals surface area contributed by atoms with Crippen molar-refractivity contribution in [3.63, 3.8) is 0 Å². The van der Waals surface area contributed by atoms with Gasteiger partial charge in [0.25, 0.3) is 0 Å². The van der Waals surface area contributed by atoms with Crippen LogP contribution in [0.2, 0.25) is 0 Å². The van der Waals surface area contributed by atoms with Crippen molar-refractivity contribution in [2.24, 2.45) is 23.7 Å². The molecule has 0 heterocycles. The standard InChI is InChI=1S/C18H34O4/c1-7-13(3)9-15(5)11-17(19)21-22-18(20)12-16(6)10-14(4)8-2/h13-16H,7-12H2,1-6H3. The first-order chi connectivity index (χ1) is 10.3. The predicted octanol–water partition coefficient (Wildman–Crippen LogP) is 4.91. The van der Waals surface area contributed by atoms with E-state index in [9.17, 15) is 9.59 Å². The summed E-state index contributed by atoms with van der Waals surface area (Å²) >= 11 is 0. The van der Waals surface area contributed by atoms with Crippen molar-refractivity contribution >= 4 is 11.9 Å². The minimum absolute atomic E-state index is 0.241. The molecule has 0 bridgehead atoms. The van der Waals surface area contributed by atoms with Crippen LogP contribution in [0.3, 0.4) is 0 Å². The SMILES string of the molecule is CCC(C)CC(C)CC(=O)OOC(=O)CC(C)CC(C)CC. The van der Waals surface area contributed by atoms with Crippen LogP contribution in [0, 0.1) is 23.7 Å². The number of rotatable bonds is 10. The summed E-state index contributed by atoms with van der Waals surface area (Å²) < 4.78 is 0. The molecule has 0 rings (SSSR count). The molecule has 0 aromatic carbocycles. The summed E-state index contributed by atoms with van der Waals surface area (Å²) in [6.45, 7) is 12.6. The van der Waals surface area contributed by atoms with Gasteiger partial charge in [0.05, 0.1) is 12.8 Å². The first kappa shape index (κ1) is 20.9. The van der Waals surface area contributed by atoms with Gasteiger partial charge in [-0.2, -0.15) is 0 Å². The molecule has 0 saturated heterocycles. The van der Waals surface area contributed by atoms with Crippen LogP contribution >= 0.6 is 0 Å². The molecular weight excluding hydrogens is 280 g/mol. The molecule has 0 saturated carbocycles. The van der Waals surface area contributed by atoms with Gasteiger partial charge in [-0.1, -0.05) is 54.4 Å². The molecule has 0 aromatic rings. The van der Waals surface area contributed by atoms with Gasteiger partial charge in [-0.05, 0) is 36.5 Å². The minimum atomic E-state index is -0.460. The van der Waals surface area contributed by atoms with Gasteiger partial charge in [-0.15, -0.1) is 0 Å². The maximum Gasteiger partial charge on any atom is 0.355 e. The third-order valence-electron chi connectivity index (χ3n) is 4.26. The molecule has 0 aliphatic rings. The number of carbonyl (C=O) groups excluding carboxylic acids is 2. The van der Waals surface area contributed by atoms with E-state index < -0.39 is 11.9 Å². The second kappa shape index (κ2) is 11.5. The molecule has 0 aromatic heterocycles. The van der Waals surface area contributed by atoms with E-state index in [0.717, 1.165) is 25.7 Å². The fourth-order valence-corrected chi connectivity index (χ4v) is 2.60. The molecule has 4 atom stereocenters. The van der Waals surface area contributed by atoms with Crippen LogP contribution in [0.15, 0.2) is 0 Å². The lowest BCUT2D eigenvalue weighted by Crippen LogP contribution is -2.17. The minimum Gasteiger partial charge on any atom is -0.247 e. The molecule has 130 valence electrons. The third kappa shape index (κ3) is 10.6. The summed E-state index contributed by atoms with van der Waals surface area (Å²) in [6, 6.07) is 0. The summed E-state index contributed by atoms with van der Waals surface area (Å²) in [5, 5.41) is 0. The van der Waals surface area contributed by atoms with Gasteiger partial charge in [0, 0.05) is 0 Å². The molecule has 0 radical (unpaired) electrons. The Labute approximate surface area is 135 Å². The van der Waals surface area contributed by atoms with Crippen LogP contribution in [0.25, 0.3) is 0 Å². The highest BCUT2D eigenvalue weighted by Crippen LogP contribution is 2.19. The molecule has 4 nitrogen and oxygen atoms in total. The zero-order valence-electron chi connectivity index (χ0n) is 15.2. The highest BCUT2D eigenvalue weighted by molar-refractivity contribution is 5.73. The Bertz CT molecular complexity index is 295. The first-order valence-electron chi connectivity index (χ1n) is 8.68. The fourth-order valence-electron chi connectivity index (χ4n) is 2.60. The van der Waals surface area contributed by atoms with Crippen molar-refractivity contribution in [1.82, 2.24) is 0 Å². The zero-order chi connectivity index (χ0) is 17.1. The first-order valence-corrected chi connectivity index (χ1v) is 8.68. The average molecular weight is 314 g/mol. The van der Waals surface area contributed by atoms with Crippen molar-refractivity contribution < 1.29 is 19.4 Å². The van der Waals surface area contributed by atoms with Crippen LogP contribution in [0.5, 0.6) is 0 Å². The molecular formula is C18H34O4. The van der Waals surface area contributed by atoms with Gasteiger partial charge in [0.15, 0.2) is 0 Å². The van der Waals surface area contributed by atoms with Gasteiger partial charge in [-0.3, -0.25) is 0 Å². The maximum absolute atomic E-state index is 11.6. The number of carbonyl (C=O) groups is 2. The Morgan fingerprint density at radius 3 is 1.27 bits per heavy atom. The molecule has 0 aliphatic carbocycles. The van der Waals surface area contributed by atoms with E-state index in [2.05, 4.69) is 37.5 Å². The quantitative estimate of drug-likeness (QED) is 0.424. The number of hydrogen-bond donors (Lipinski definition) is 0. The van der Waals surface area contributed by atoms with E-state index in [0.29, 0.717) is 24.7 Å². The van der Waals surface area contributed by atoms with E-state index in [-0.39, 0.29) is 11.8 Å². The van der Waals surface area contributed by atoms with E-state index in [4.69, 9.17) is 0 Å². The highest BCUT2D eigenvalue weighted by atomic mass is 17.2. The van der Waals surface area contributed by atoms with Gasteiger partial charge in [0.2, 0.25) is 0 Å². The van der Waals surface area contributed by atoms with Crippen molar-refractivity contribution in [3.8, 4) is 0 Å². The lowest BCUT2D eigenvalue weighted by atomic mass is 9.93.